The molecule has 0 bridgehead atoms. The van der Waals surface area contributed by atoms with Gasteiger partial charge in [-0.15, -0.1) is 23.2 Å². The maximum absolute atomic E-state index is 13.0. The van der Waals surface area contributed by atoms with Gasteiger partial charge < -0.3 is 5.32 Å². The van der Waals surface area contributed by atoms with Crippen molar-refractivity contribution in [2.24, 2.45) is 11.3 Å². The molecule has 1 N–H and O–H groups in total. The second-order valence-electron chi connectivity index (χ2n) is 8.42. The molecule has 32 heavy (non-hydrogen) atoms. The Balaban J connectivity index is 1.52. The molecule has 0 saturated heterocycles. The summed E-state index contributed by atoms with van der Waals surface area (Å²) in [6, 6.07) is 10.3. The number of ketones is 1. The first-order valence-corrected chi connectivity index (χ1v) is 11.8. The highest BCUT2D eigenvalue weighted by atomic mass is 35.5. The molecule has 2 aliphatic carbocycles. The van der Waals surface area contributed by atoms with Gasteiger partial charge >= 0.3 is 0 Å². The molecule has 4 nitrogen and oxygen atoms in total. The van der Waals surface area contributed by atoms with Crippen LogP contribution in [0.2, 0.25) is 15.1 Å². The largest absolute Gasteiger partial charge is 0.326 e. The van der Waals surface area contributed by atoms with Crippen molar-refractivity contribution in [3.05, 3.63) is 62.1 Å². The van der Waals surface area contributed by atoms with Gasteiger partial charge in [0, 0.05) is 33.6 Å². The highest BCUT2D eigenvalue weighted by Crippen LogP contribution is 2.65. The lowest BCUT2D eigenvalue weighted by molar-refractivity contribution is -0.117. The summed E-state index contributed by atoms with van der Waals surface area (Å²) in [5.41, 5.74) is 1.47. The Labute approximate surface area is 210 Å². The first-order chi connectivity index (χ1) is 15.0. The molecule has 166 valence electrons. The Morgan fingerprint density at radius 3 is 2.28 bits per heavy atom. The van der Waals surface area contributed by atoms with Crippen LogP contribution >= 0.6 is 58.0 Å². The van der Waals surface area contributed by atoms with Crippen molar-refractivity contribution in [1.82, 2.24) is 0 Å². The average Bonchev–Trinajstić information content (AvgIpc) is 3.62. The summed E-state index contributed by atoms with van der Waals surface area (Å²) in [6.07, 6.45) is 1.51. The third-order valence-electron chi connectivity index (χ3n) is 6.12. The lowest BCUT2D eigenvalue weighted by Crippen LogP contribution is -2.17. The second-order valence-corrected chi connectivity index (χ2v) is 11.1. The lowest BCUT2D eigenvalue weighted by Gasteiger charge is -2.10. The molecule has 0 spiro atoms. The van der Waals surface area contributed by atoms with Crippen molar-refractivity contribution >= 4 is 75.4 Å². The van der Waals surface area contributed by atoms with E-state index in [1.54, 1.807) is 25.1 Å². The van der Waals surface area contributed by atoms with E-state index >= 15 is 0 Å². The average molecular weight is 531 g/mol. The number of nitrogens with one attached hydrogen (secondary N) is 1. The van der Waals surface area contributed by atoms with Crippen LogP contribution in [0.1, 0.15) is 46.7 Å². The number of carbonyl (C=O) groups excluding carboxylic acids is 2. The Kier molecular flexibility index (Phi) is 6.20. The summed E-state index contributed by atoms with van der Waals surface area (Å²) in [5.74, 6) is -1.85. The molecule has 0 aromatic heterocycles. The SMILES string of the molecule is Cc1c(Cl)cc(C2C(C(=O)Nc3ccc(Cl)c(C(=O)CC4(C#N)CC4)c3)C2(Cl)Cl)cc1Cl. The van der Waals surface area contributed by atoms with Gasteiger partial charge in [0.05, 0.1) is 22.4 Å². The molecule has 2 saturated carbocycles. The summed E-state index contributed by atoms with van der Waals surface area (Å²) < 4.78 is -1.32. The second kappa shape index (κ2) is 8.38. The minimum absolute atomic E-state index is 0.104. The first-order valence-electron chi connectivity index (χ1n) is 9.87. The molecular weight excluding hydrogens is 514 g/mol. The van der Waals surface area contributed by atoms with Gasteiger partial charge in [-0.25, -0.2) is 0 Å². The summed E-state index contributed by atoms with van der Waals surface area (Å²) >= 11 is 31.5. The molecule has 9 heteroatoms. The van der Waals surface area contributed by atoms with Crippen LogP contribution in [0.3, 0.4) is 0 Å². The van der Waals surface area contributed by atoms with Crippen LogP contribution in [0.5, 0.6) is 0 Å². The van der Waals surface area contributed by atoms with Gasteiger partial charge in [-0.05, 0) is 61.2 Å². The minimum atomic E-state index is -1.32. The number of hydrogen-bond donors (Lipinski definition) is 1. The van der Waals surface area contributed by atoms with E-state index in [1.165, 1.54) is 12.1 Å². The fraction of sp³-hybridized carbons (Fsp3) is 0.348. The third-order valence-corrected chi connectivity index (χ3v) is 8.18. The molecule has 1 amide bonds. The minimum Gasteiger partial charge on any atom is -0.326 e. The molecule has 0 radical (unpaired) electrons. The van der Waals surface area contributed by atoms with E-state index in [2.05, 4.69) is 11.4 Å². The smallest absolute Gasteiger partial charge is 0.231 e. The number of benzene rings is 2. The zero-order valence-corrected chi connectivity index (χ0v) is 20.6. The zero-order chi connectivity index (χ0) is 23.4. The number of halogens is 5. The van der Waals surface area contributed by atoms with Crippen LogP contribution in [0.15, 0.2) is 30.3 Å². The van der Waals surface area contributed by atoms with Gasteiger partial charge in [0.2, 0.25) is 5.91 Å². The lowest BCUT2D eigenvalue weighted by atomic mass is 9.96. The number of alkyl halides is 2. The van der Waals surface area contributed by atoms with Crippen LogP contribution in [-0.2, 0) is 4.79 Å². The predicted octanol–water partition coefficient (Wildman–Crippen LogP) is 7.36. The number of Topliss-reactive ketones (excluding diaryl/α,β-unsaturated/α-hetero) is 1. The highest BCUT2D eigenvalue weighted by molar-refractivity contribution is 6.53. The van der Waals surface area contributed by atoms with Crippen molar-refractivity contribution in [2.75, 3.05) is 5.32 Å². The van der Waals surface area contributed by atoms with Gasteiger partial charge in [0.15, 0.2) is 5.78 Å². The van der Waals surface area contributed by atoms with E-state index in [9.17, 15) is 14.9 Å². The van der Waals surface area contributed by atoms with E-state index in [0.717, 1.165) is 5.56 Å². The molecule has 0 heterocycles. The van der Waals surface area contributed by atoms with Crippen molar-refractivity contribution in [1.29, 1.82) is 5.26 Å². The van der Waals surface area contributed by atoms with Gasteiger partial charge in [-0.2, -0.15) is 5.26 Å². The standard InChI is InChI=1S/C23H17Cl5N2O2/c1-11-16(25)6-12(7-17(11)26)19-20(23(19,27)28)21(32)30-13-2-3-15(24)14(8-13)18(31)9-22(10-29)4-5-22/h2-3,6-8,19-20H,4-5,9H2,1H3,(H,30,32). The summed E-state index contributed by atoms with van der Waals surface area (Å²) in [4.78, 5) is 25.6. The maximum atomic E-state index is 13.0. The van der Waals surface area contributed by atoms with E-state index in [-0.39, 0.29) is 22.8 Å². The molecule has 2 unspecified atom stereocenters. The van der Waals surface area contributed by atoms with Crippen molar-refractivity contribution in [3.8, 4) is 6.07 Å². The fourth-order valence-electron chi connectivity index (χ4n) is 3.83. The summed E-state index contributed by atoms with van der Waals surface area (Å²) in [7, 11) is 0. The first kappa shape index (κ1) is 23.7. The molecule has 2 aliphatic rings. The van der Waals surface area contributed by atoms with E-state index in [4.69, 9.17) is 58.0 Å². The molecule has 2 aromatic rings. The number of nitrogens with zero attached hydrogens (tertiary/aromatic N) is 1. The van der Waals surface area contributed by atoms with E-state index in [0.29, 0.717) is 34.1 Å². The topological polar surface area (TPSA) is 70.0 Å². The van der Waals surface area contributed by atoms with Gasteiger partial charge in [0.25, 0.3) is 0 Å². The predicted molar refractivity (Wildman–Crippen MR) is 128 cm³/mol. The summed E-state index contributed by atoms with van der Waals surface area (Å²) in [6.45, 7) is 1.79. The maximum Gasteiger partial charge on any atom is 0.231 e. The van der Waals surface area contributed by atoms with Crippen molar-refractivity contribution in [3.63, 3.8) is 0 Å². The van der Waals surface area contributed by atoms with Crippen LogP contribution in [0, 0.1) is 29.6 Å². The van der Waals surface area contributed by atoms with Gasteiger partial charge in [-0.1, -0.05) is 34.8 Å². The van der Waals surface area contributed by atoms with Crippen LogP contribution in [0.4, 0.5) is 5.69 Å². The Bertz CT molecular complexity index is 1160. The zero-order valence-electron chi connectivity index (χ0n) is 16.8. The number of amides is 1. The third kappa shape index (κ3) is 4.34. The monoisotopic (exact) mass is 528 g/mol. The number of nitriles is 1. The number of anilines is 1. The Morgan fingerprint density at radius 1 is 1.09 bits per heavy atom. The fourth-order valence-corrected chi connectivity index (χ4v) is 5.39. The number of hydrogen-bond acceptors (Lipinski definition) is 3. The quantitative estimate of drug-likeness (QED) is 0.313. The van der Waals surface area contributed by atoms with Crippen molar-refractivity contribution in [2.45, 2.75) is 36.4 Å². The van der Waals surface area contributed by atoms with Gasteiger partial charge in [0.1, 0.15) is 4.33 Å². The number of rotatable bonds is 6. The molecule has 2 atom stereocenters. The highest BCUT2D eigenvalue weighted by Gasteiger charge is 2.67. The molecular formula is C23H17Cl5N2O2. The molecule has 2 aromatic carbocycles. The van der Waals surface area contributed by atoms with E-state index < -0.39 is 27.5 Å². The molecule has 0 aliphatic heterocycles. The molecule has 2 fully saturated rings. The Morgan fingerprint density at radius 2 is 1.72 bits per heavy atom. The van der Waals surface area contributed by atoms with E-state index in [1.807, 2.05) is 0 Å². The Hall–Kier alpha value is -1.48. The number of carbonyl (C=O) groups is 2. The van der Waals surface area contributed by atoms with Crippen LogP contribution in [-0.4, -0.2) is 16.0 Å². The van der Waals surface area contributed by atoms with Crippen molar-refractivity contribution < 1.29 is 9.59 Å². The molecule has 4 rings (SSSR count). The summed E-state index contributed by atoms with van der Waals surface area (Å²) in [5, 5.41) is 13.2. The van der Waals surface area contributed by atoms with Gasteiger partial charge in [-0.3, -0.25) is 9.59 Å². The van der Waals surface area contributed by atoms with Crippen LogP contribution in [0.25, 0.3) is 0 Å². The van der Waals surface area contributed by atoms with Crippen LogP contribution < -0.4 is 5.32 Å². The normalized spacial score (nSPS) is 22.0.